The molecule has 0 heterocycles. The molecule has 0 spiro atoms. The van der Waals surface area contributed by atoms with E-state index < -0.39 is 8.80 Å². The summed E-state index contributed by atoms with van der Waals surface area (Å²) in [5.41, 5.74) is 1.65. The van der Waals surface area contributed by atoms with Gasteiger partial charge in [0.2, 0.25) is 0 Å². The summed E-state index contributed by atoms with van der Waals surface area (Å²) in [6.45, 7) is 8.11. The molecular weight excluding hydrogens is 256 g/mol. The van der Waals surface area contributed by atoms with Gasteiger partial charge in [-0.15, -0.1) is 0 Å². The number of allylic oxidation sites excluding steroid dienone is 2. The van der Waals surface area contributed by atoms with Crippen LogP contribution in [0.2, 0.25) is 6.04 Å². The molecule has 0 aromatic rings. The molecule has 4 heteroatoms. The van der Waals surface area contributed by atoms with E-state index in [1.54, 1.807) is 5.57 Å². The van der Waals surface area contributed by atoms with Crippen molar-refractivity contribution in [3.8, 4) is 0 Å². The van der Waals surface area contributed by atoms with E-state index in [2.05, 4.69) is 6.08 Å². The van der Waals surface area contributed by atoms with Crippen LogP contribution in [0.1, 0.15) is 46.5 Å². The van der Waals surface area contributed by atoms with Crippen molar-refractivity contribution in [3.05, 3.63) is 11.6 Å². The van der Waals surface area contributed by atoms with Gasteiger partial charge >= 0.3 is 8.80 Å². The van der Waals surface area contributed by atoms with E-state index in [-0.39, 0.29) is 0 Å². The molecule has 0 amide bonds. The first-order chi connectivity index (χ1) is 9.23. The maximum absolute atomic E-state index is 5.92. The second kappa shape index (κ2) is 7.02. The Labute approximate surface area is 118 Å². The van der Waals surface area contributed by atoms with Crippen molar-refractivity contribution in [2.75, 3.05) is 19.8 Å². The van der Waals surface area contributed by atoms with Crippen LogP contribution in [0.15, 0.2) is 11.6 Å². The van der Waals surface area contributed by atoms with E-state index in [9.17, 15) is 0 Å². The fourth-order valence-corrected chi connectivity index (χ4v) is 6.13. The van der Waals surface area contributed by atoms with Crippen molar-refractivity contribution in [2.24, 2.45) is 11.8 Å². The van der Waals surface area contributed by atoms with E-state index in [0.717, 1.165) is 24.3 Å². The minimum atomic E-state index is -2.43. The Morgan fingerprint density at radius 3 is 2.11 bits per heavy atom. The SMILES string of the molecule is CCO[Si](CCC1=CC2CCC1C2)(OCC)OCC. The highest BCUT2D eigenvalue weighted by atomic mass is 28.4. The average Bonchev–Trinajstić information content (AvgIpc) is 2.99. The van der Waals surface area contributed by atoms with Crippen LogP contribution in [-0.4, -0.2) is 28.6 Å². The van der Waals surface area contributed by atoms with Crippen LogP contribution in [-0.2, 0) is 13.3 Å². The van der Waals surface area contributed by atoms with Gasteiger partial charge in [-0.25, -0.2) is 0 Å². The first kappa shape index (κ1) is 15.2. The van der Waals surface area contributed by atoms with Gasteiger partial charge in [-0.3, -0.25) is 0 Å². The highest BCUT2D eigenvalue weighted by Crippen LogP contribution is 2.45. The lowest BCUT2D eigenvalue weighted by atomic mass is 9.97. The summed E-state index contributed by atoms with van der Waals surface area (Å²) in [6, 6.07) is 0.942. The van der Waals surface area contributed by atoms with Crippen LogP contribution >= 0.6 is 0 Å². The normalized spacial score (nSPS) is 25.9. The minimum Gasteiger partial charge on any atom is -0.374 e. The minimum absolute atomic E-state index is 0.678. The zero-order valence-corrected chi connectivity index (χ0v) is 13.6. The molecule has 0 radical (unpaired) electrons. The Morgan fingerprint density at radius 1 is 1.05 bits per heavy atom. The van der Waals surface area contributed by atoms with Crippen molar-refractivity contribution in [1.29, 1.82) is 0 Å². The fourth-order valence-electron chi connectivity index (χ4n) is 3.53. The van der Waals surface area contributed by atoms with Crippen molar-refractivity contribution < 1.29 is 13.3 Å². The van der Waals surface area contributed by atoms with Crippen molar-refractivity contribution >= 4 is 8.80 Å². The van der Waals surface area contributed by atoms with Gasteiger partial charge in [0.05, 0.1) is 0 Å². The van der Waals surface area contributed by atoms with Crippen LogP contribution in [0, 0.1) is 11.8 Å². The van der Waals surface area contributed by atoms with E-state index in [0.29, 0.717) is 19.8 Å². The maximum Gasteiger partial charge on any atom is 0.501 e. The molecule has 110 valence electrons. The molecule has 0 N–H and O–H groups in total. The standard InChI is InChI=1S/C15H28O3Si/c1-4-16-19(17-5-2,18-6-3)10-9-15-12-13-7-8-14(15)11-13/h12-14H,4-11H2,1-3H3. The number of hydrogen-bond donors (Lipinski definition) is 0. The topological polar surface area (TPSA) is 27.7 Å². The van der Waals surface area contributed by atoms with Gasteiger partial charge in [0.25, 0.3) is 0 Å². The Hall–Kier alpha value is -0.163. The molecule has 2 unspecified atom stereocenters. The van der Waals surface area contributed by atoms with Gasteiger partial charge in [0, 0.05) is 25.9 Å². The molecule has 3 nitrogen and oxygen atoms in total. The summed E-state index contributed by atoms with van der Waals surface area (Å²) < 4.78 is 17.8. The Balaban J connectivity index is 1.93. The lowest BCUT2D eigenvalue weighted by Gasteiger charge is -2.29. The maximum atomic E-state index is 5.92. The molecule has 1 fully saturated rings. The Morgan fingerprint density at radius 2 is 1.68 bits per heavy atom. The summed E-state index contributed by atoms with van der Waals surface area (Å²) in [5, 5.41) is 0. The van der Waals surface area contributed by atoms with Gasteiger partial charge in [-0.2, -0.15) is 0 Å². The predicted octanol–water partition coefficient (Wildman–Crippen LogP) is 3.78. The lowest BCUT2D eigenvalue weighted by molar-refractivity contribution is 0.0713. The fraction of sp³-hybridized carbons (Fsp3) is 0.867. The number of rotatable bonds is 9. The van der Waals surface area contributed by atoms with E-state index >= 15 is 0 Å². The average molecular weight is 284 g/mol. The number of hydrogen-bond acceptors (Lipinski definition) is 3. The van der Waals surface area contributed by atoms with E-state index in [4.69, 9.17) is 13.3 Å². The summed E-state index contributed by atoms with van der Waals surface area (Å²) in [7, 11) is -2.43. The second-order valence-electron chi connectivity index (χ2n) is 5.49. The van der Waals surface area contributed by atoms with Gasteiger partial charge in [0.15, 0.2) is 0 Å². The molecule has 2 aliphatic carbocycles. The highest BCUT2D eigenvalue weighted by Gasteiger charge is 2.41. The van der Waals surface area contributed by atoms with E-state index in [1.165, 1.54) is 19.3 Å². The molecule has 2 atom stereocenters. The first-order valence-electron chi connectivity index (χ1n) is 7.85. The molecule has 19 heavy (non-hydrogen) atoms. The van der Waals surface area contributed by atoms with Crippen LogP contribution in [0.25, 0.3) is 0 Å². The molecule has 2 aliphatic rings. The highest BCUT2D eigenvalue weighted by molar-refractivity contribution is 6.60. The summed E-state index contributed by atoms with van der Waals surface area (Å²) >= 11 is 0. The smallest absolute Gasteiger partial charge is 0.374 e. The Bertz CT molecular complexity index is 299. The summed E-state index contributed by atoms with van der Waals surface area (Å²) in [6.07, 6.45) is 7.80. The molecule has 1 saturated carbocycles. The molecule has 0 saturated heterocycles. The monoisotopic (exact) mass is 284 g/mol. The lowest BCUT2D eigenvalue weighted by Crippen LogP contribution is -2.46. The van der Waals surface area contributed by atoms with E-state index in [1.807, 2.05) is 20.8 Å². The Kier molecular flexibility index (Phi) is 5.63. The zero-order valence-electron chi connectivity index (χ0n) is 12.6. The summed E-state index contributed by atoms with van der Waals surface area (Å²) in [5.74, 6) is 1.71. The zero-order chi connectivity index (χ0) is 13.7. The van der Waals surface area contributed by atoms with Crippen LogP contribution in [0.4, 0.5) is 0 Å². The van der Waals surface area contributed by atoms with Crippen LogP contribution < -0.4 is 0 Å². The molecule has 2 rings (SSSR count). The second-order valence-corrected chi connectivity index (χ2v) is 8.23. The predicted molar refractivity (Wildman–Crippen MR) is 79.0 cm³/mol. The molecular formula is C15H28O3Si. The molecule has 2 bridgehead atoms. The third kappa shape index (κ3) is 3.69. The van der Waals surface area contributed by atoms with Crippen molar-refractivity contribution in [3.63, 3.8) is 0 Å². The van der Waals surface area contributed by atoms with Gasteiger partial charge in [-0.1, -0.05) is 11.6 Å². The number of fused-ring (bicyclic) bond motifs is 2. The van der Waals surface area contributed by atoms with Gasteiger partial charge in [-0.05, 0) is 58.3 Å². The quantitative estimate of drug-likeness (QED) is 0.476. The third-order valence-corrected chi connectivity index (χ3v) is 7.31. The van der Waals surface area contributed by atoms with Crippen molar-refractivity contribution in [2.45, 2.75) is 52.5 Å². The van der Waals surface area contributed by atoms with Crippen molar-refractivity contribution in [1.82, 2.24) is 0 Å². The third-order valence-electron chi connectivity index (χ3n) is 4.26. The largest absolute Gasteiger partial charge is 0.501 e. The molecule has 0 aliphatic heterocycles. The first-order valence-corrected chi connectivity index (χ1v) is 9.78. The summed E-state index contributed by atoms with van der Waals surface area (Å²) in [4.78, 5) is 0. The van der Waals surface area contributed by atoms with Crippen LogP contribution in [0.5, 0.6) is 0 Å². The van der Waals surface area contributed by atoms with Gasteiger partial charge < -0.3 is 13.3 Å². The molecule has 0 aromatic heterocycles. The molecule has 0 aromatic carbocycles. The van der Waals surface area contributed by atoms with Gasteiger partial charge in [0.1, 0.15) is 0 Å². The van der Waals surface area contributed by atoms with Crippen LogP contribution in [0.3, 0.4) is 0 Å².